The number of ether oxygens (including phenoxy) is 1. The molecule has 0 aromatic heterocycles. The van der Waals surface area contributed by atoms with Gasteiger partial charge in [0.15, 0.2) is 11.5 Å². The zero-order chi connectivity index (χ0) is 20.9. The van der Waals surface area contributed by atoms with E-state index in [1.165, 1.54) is 7.11 Å². The monoisotopic (exact) mass is 395 g/mol. The fourth-order valence-corrected chi connectivity index (χ4v) is 3.28. The topological polar surface area (TPSA) is 32.7 Å². The third-order valence-corrected chi connectivity index (χ3v) is 4.97. The molecule has 2 rings (SSSR count). The Kier molecular flexibility index (Phi) is 7.35. The van der Waals surface area contributed by atoms with Crippen LogP contribution in [0.3, 0.4) is 0 Å². The number of phenols is 1. The molecule has 0 saturated heterocycles. The van der Waals surface area contributed by atoms with Gasteiger partial charge in [0.1, 0.15) is 0 Å². The molecule has 0 heterocycles. The van der Waals surface area contributed by atoms with Crippen molar-refractivity contribution in [2.45, 2.75) is 58.4 Å². The number of hydrogen-bond acceptors (Lipinski definition) is 3. The van der Waals surface area contributed by atoms with Crippen LogP contribution in [0.2, 0.25) is 0 Å². The number of phenolic OH excluding ortho intramolecular Hbond substituents is 1. The number of methoxy groups -OCH3 is 1. The number of benzene rings is 2. The third-order valence-electron chi connectivity index (χ3n) is 4.97. The lowest BCUT2D eigenvalue weighted by molar-refractivity contribution is -0.137. The second kappa shape index (κ2) is 9.32. The Hall–Kier alpha value is -2.21. The molecule has 0 saturated carbocycles. The molecule has 2 aromatic rings. The fraction of sp³-hybridized carbons (Fsp3) is 0.455. The van der Waals surface area contributed by atoms with E-state index < -0.39 is 11.7 Å². The predicted molar refractivity (Wildman–Crippen MR) is 105 cm³/mol. The highest BCUT2D eigenvalue weighted by molar-refractivity contribution is 5.41. The van der Waals surface area contributed by atoms with Crippen LogP contribution in [-0.2, 0) is 19.1 Å². The Bertz CT molecular complexity index is 757. The zero-order valence-corrected chi connectivity index (χ0v) is 16.8. The Labute approximate surface area is 164 Å². The molecular weight excluding hydrogens is 367 g/mol. The molecule has 1 unspecified atom stereocenters. The van der Waals surface area contributed by atoms with E-state index in [0.717, 1.165) is 36.1 Å². The van der Waals surface area contributed by atoms with Gasteiger partial charge in [0.2, 0.25) is 0 Å². The molecule has 1 atom stereocenters. The number of rotatable bonds is 8. The summed E-state index contributed by atoms with van der Waals surface area (Å²) in [7, 11) is 1.52. The minimum absolute atomic E-state index is 0.116. The van der Waals surface area contributed by atoms with Crippen molar-refractivity contribution >= 4 is 0 Å². The summed E-state index contributed by atoms with van der Waals surface area (Å²) in [5.41, 5.74) is 1.31. The van der Waals surface area contributed by atoms with Crippen LogP contribution in [0.1, 0.15) is 43.9 Å². The van der Waals surface area contributed by atoms with Gasteiger partial charge in [-0.05, 0) is 69.0 Å². The largest absolute Gasteiger partial charge is 0.504 e. The minimum atomic E-state index is -4.31. The first kappa shape index (κ1) is 22.1. The number of halogens is 3. The van der Waals surface area contributed by atoms with E-state index in [1.54, 1.807) is 18.2 Å². The molecule has 6 heteroatoms. The molecule has 1 N–H and O–H groups in total. The van der Waals surface area contributed by atoms with Gasteiger partial charge in [0.25, 0.3) is 0 Å². The van der Waals surface area contributed by atoms with Crippen molar-refractivity contribution in [2.24, 2.45) is 0 Å². The van der Waals surface area contributed by atoms with Crippen LogP contribution in [0.15, 0.2) is 42.5 Å². The standard InChI is InChI=1S/C22H28F3NO2/c1-15(2)26(14-18-7-10-19(11-8-18)22(23,24)25)16(3)5-6-17-9-12-20(27)21(13-17)28-4/h7-13,15-16,27H,5-6,14H2,1-4H3. The number of nitrogens with zero attached hydrogens (tertiary/aromatic N) is 1. The van der Waals surface area contributed by atoms with Crippen LogP contribution in [-0.4, -0.2) is 29.2 Å². The maximum Gasteiger partial charge on any atom is 0.416 e. The summed E-state index contributed by atoms with van der Waals surface area (Å²) in [6, 6.07) is 11.2. The van der Waals surface area contributed by atoms with Crippen molar-refractivity contribution in [3.63, 3.8) is 0 Å². The lowest BCUT2D eigenvalue weighted by atomic mass is 10.0. The van der Waals surface area contributed by atoms with Crippen molar-refractivity contribution in [2.75, 3.05) is 7.11 Å². The van der Waals surface area contributed by atoms with E-state index >= 15 is 0 Å². The van der Waals surface area contributed by atoms with E-state index in [2.05, 4.69) is 25.7 Å². The number of aromatic hydroxyl groups is 1. The molecule has 0 aliphatic carbocycles. The van der Waals surface area contributed by atoms with E-state index in [4.69, 9.17) is 4.74 Å². The maximum absolute atomic E-state index is 12.7. The molecule has 0 radical (unpaired) electrons. The average molecular weight is 395 g/mol. The molecule has 0 aliphatic heterocycles. The fourth-order valence-electron chi connectivity index (χ4n) is 3.28. The zero-order valence-electron chi connectivity index (χ0n) is 16.8. The summed E-state index contributed by atoms with van der Waals surface area (Å²) in [6.07, 6.45) is -2.62. The molecule has 0 bridgehead atoms. The van der Waals surface area contributed by atoms with E-state index in [0.29, 0.717) is 12.3 Å². The van der Waals surface area contributed by atoms with Gasteiger partial charge in [-0.3, -0.25) is 4.90 Å². The lowest BCUT2D eigenvalue weighted by Gasteiger charge is -2.33. The maximum atomic E-state index is 12.7. The summed E-state index contributed by atoms with van der Waals surface area (Å²) in [4.78, 5) is 2.28. The molecular formula is C22H28F3NO2. The highest BCUT2D eigenvalue weighted by Crippen LogP contribution is 2.30. The van der Waals surface area contributed by atoms with Gasteiger partial charge in [-0.2, -0.15) is 13.2 Å². The molecule has 3 nitrogen and oxygen atoms in total. The van der Waals surface area contributed by atoms with Crippen molar-refractivity contribution in [1.29, 1.82) is 0 Å². The first-order valence-corrected chi connectivity index (χ1v) is 9.39. The minimum Gasteiger partial charge on any atom is -0.504 e. The molecule has 154 valence electrons. The highest BCUT2D eigenvalue weighted by atomic mass is 19.4. The second-order valence-electron chi connectivity index (χ2n) is 7.35. The highest BCUT2D eigenvalue weighted by Gasteiger charge is 2.30. The van der Waals surface area contributed by atoms with Crippen LogP contribution in [0, 0.1) is 0 Å². The van der Waals surface area contributed by atoms with Gasteiger partial charge in [0, 0.05) is 18.6 Å². The van der Waals surface area contributed by atoms with Gasteiger partial charge >= 0.3 is 6.18 Å². The van der Waals surface area contributed by atoms with E-state index in [-0.39, 0.29) is 17.8 Å². The van der Waals surface area contributed by atoms with Crippen LogP contribution in [0.5, 0.6) is 11.5 Å². The van der Waals surface area contributed by atoms with Crippen LogP contribution in [0.4, 0.5) is 13.2 Å². The first-order chi connectivity index (χ1) is 13.1. The number of aryl methyl sites for hydroxylation is 1. The molecule has 0 fully saturated rings. The third kappa shape index (κ3) is 5.89. The first-order valence-electron chi connectivity index (χ1n) is 9.39. The quantitative estimate of drug-likeness (QED) is 0.627. The Balaban J connectivity index is 2.02. The van der Waals surface area contributed by atoms with Crippen molar-refractivity contribution in [3.8, 4) is 11.5 Å². The Morgan fingerprint density at radius 1 is 1.00 bits per heavy atom. The van der Waals surface area contributed by atoms with Gasteiger partial charge in [-0.1, -0.05) is 18.2 Å². The number of hydrogen-bond donors (Lipinski definition) is 1. The van der Waals surface area contributed by atoms with Gasteiger partial charge in [-0.25, -0.2) is 0 Å². The van der Waals surface area contributed by atoms with E-state index in [1.807, 2.05) is 12.1 Å². The van der Waals surface area contributed by atoms with Crippen molar-refractivity contribution in [3.05, 3.63) is 59.2 Å². The lowest BCUT2D eigenvalue weighted by Crippen LogP contribution is -2.38. The Morgan fingerprint density at radius 3 is 2.14 bits per heavy atom. The molecule has 0 spiro atoms. The van der Waals surface area contributed by atoms with Gasteiger partial charge in [-0.15, -0.1) is 0 Å². The molecule has 0 aliphatic rings. The molecule has 28 heavy (non-hydrogen) atoms. The van der Waals surface area contributed by atoms with Crippen LogP contribution in [0.25, 0.3) is 0 Å². The van der Waals surface area contributed by atoms with Crippen LogP contribution < -0.4 is 4.74 Å². The number of alkyl halides is 3. The summed E-state index contributed by atoms with van der Waals surface area (Å²) in [5.74, 6) is 0.570. The van der Waals surface area contributed by atoms with Crippen LogP contribution >= 0.6 is 0 Å². The summed E-state index contributed by atoms with van der Waals surface area (Å²) in [5, 5.41) is 9.70. The van der Waals surface area contributed by atoms with Gasteiger partial charge in [0.05, 0.1) is 12.7 Å². The van der Waals surface area contributed by atoms with Gasteiger partial charge < -0.3 is 9.84 Å². The predicted octanol–water partition coefficient (Wildman–Crippen LogP) is 5.65. The SMILES string of the molecule is COc1cc(CCC(C)N(Cc2ccc(C(F)(F)F)cc2)C(C)C)ccc1O. The van der Waals surface area contributed by atoms with Crippen molar-refractivity contribution < 1.29 is 23.0 Å². The summed E-state index contributed by atoms with van der Waals surface area (Å²) >= 11 is 0. The second-order valence-corrected chi connectivity index (χ2v) is 7.35. The Morgan fingerprint density at radius 2 is 1.61 bits per heavy atom. The molecule has 0 amide bonds. The van der Waals surface area contributed by atoms with E-state index in [9.17, 15) is 18.3 Å². The average Bonchev–Trinajstić information content (AvgIpc) is 2.64. The normalized spacial score (nSPS) is 13.2. The summed E-state index contributed by atoms with van der Waals surface area (Å²) in [6.45, 7) is 6.89. The smallest absolute Gasteiger partial charge is 0.416 e. The van der Waals surface area contributed by atoms with Crippen molar-refractivity contribution in [1.82, 2.24) is 4.90 Å². The molecule has 2 aromatic carbocycles. The summed E-state index contributed by atoms with van der Waals surface area (Å²) < 4.78 is 43.4.